The minimum absolute atomic E-state index is 0.0647. The smallest absolute Gasteiger partial charge is 0.203 e. The summed E-state index contributed by atoms with van der Waals surface area (Å²) in [5, 5.41) is 21.1. The summed E-state index contributed by atoms with van der Waals surface area (Å²) in [6.07, 6.45) is 0.175. The Hall–Kier alpha value is -4.02. The first-order valence-corrected chi connectivity index (χ1v) is 11.0. The fraction of sp³-hybridized carbons (Fsp3) is 0.222. The maximum absolute atomic E-state index is 10.6. The van der Waals surface area contributed by atoms with Crippen molar-refractivity contribution in [2.24, 2.45) is 0 Å². The molecule has 0 saturated carbocycles. The Kier molecular flexibility index (Phi) is 6.68. The van der Waals surface area contributed by atoms with Gasteiger partial charge in [0.2, 0.25) is 5.75 Å². The molecule has 1 N–H and O–H groups in total. The van der Waals surface area contributed by atoms with Crippen LogP contribution in [0.4, 0.5) is 0 Å². The van der Waals surface area contributed by atoms with Gasteiger partial charge in [0.1, 0.15) is 5.76 Å². The van der Waals surface area contributed by atoms with Crippen LogP contribution in [0.2, 0.25) is 5.02 Å². The molecule has 8 heteroatoms. The van der Waals surface area contributed by atoms with Gasteiger partial charge in [-0.1, -0.05) is 29.8 Å². The second kappa shape index (κ2) is 9.69. The highest BCUT2D eigenvalue weighted by atomic mass is 35.5. The average molecular weight is 494 g/mol. The Morgan fingerprint density at radius 2 is 1.54 bits per heavy atom. The van der Waals surface area contributed by atoms with Gasteiger partial charge in [0, 0.05) is 23.1 Å². The van der Waals surface area contributed by atoms with Gasteiger partial charge >= 0.3 is 0 Å². The average Bonchev–Trinajstić information content (AvgIpc) is 3.28. The van der Waals surface area contributed by atoms with E-state index in [1.807, 2.05) is 6.07 Å². The van der Waals surface area contributed by atoms with E-state index in [1.54, 1.807) is 48.5 Å². The van der Waals surface area contributed by atoms with E-state index in [4.69, 9.17) is 35.3 Å². The van der Waals surface area contributed by atoms with Crippen LogP contribution in [0.25, 0.3) is 5.76 Å². The molecule has 0 radical (unpaired) electrons. The number of hydrogen-bond acceptors (Lipinski definition) is 7. The number of nitriles is 1. The van der Waals surface area contributed by atoms with Gasteiger partial charge < -0.3 is 28.8 Å². The zero-order chi connectivity index (χ0) is 25.2. The highest BCUT2D eigenvalue weighted by Crippen LogP contribution is 2.53. The van der Waals surface area contributed by atoms with Gasteiger partial charge in [-0.2, -0.15) is 5.26 Å². The lowest BCUT2D eigenvalue weighted by Gasteiger charge is -2.32. The summed E-state index contributed by atoms with van der Waals surface area (Å²) in [7, 11) is 6.04. The number of ether oxygens (including phenoxy) is 5. The van der Waals surface area contributed by atoms with Crippen LogP contribution in [0.1, 0.15) is 23.1 Å². The first kappa shape index (κ1) is 24.1. The fourth-order valence-corrected chi connectivity index (χ4v) is 4.52. The molecule has 0 aliphatic carbocycles. The lowest BCUT2D eigenvalue weighted by Crippen LogP contribution is -2.27. The van der Waals surface area contributed by atoms with Gasteiger partial charge in [-0.15, -0.1) is 0 Å². The van der Waals surface area contributed by atoms with E-state index in [-0.39, 0.29) is 12.2 Å². The molecule has 180 valence electrons. The molecule has 1 aliphatic rings. The summed E-state index contributed by atoms with van der Waals surface area (Å²) in [6.45, 7) is 0. The topological polar surface area (TPSA) is 90.2 Å². The predicted octanol–water partition coefficient (Wildman–Crippen LogP) is 5.68. The number of benzene rings is 3. The van der Waals surface area contributed by atoms with E-state index in [0.717, 1.165) is 0 Å². The van der Waals surface area contributed by atoms with Crippen molar-refractivity contribution in [3.05, 3.63) is 81.9 Å². The molecule has 4 rings (SSSR count). The third-order valence-electron chi connectivity index (χ3n) is 6.01. The van der Waals surface area contributed by atoms with E-state index in [9.17, 15) is 10.4 Å². The van der Waals surface area contributed by atoms with Crippen LogP contribution in [0.5, 0.6) is 28.7 Å². The number of rotatable bonds is 7. The number of aromatic hydroxyl groups is 1. The highest BCUT2D eigenvalue weighted by Gasteiger charge is 2.46. The second-order valence-electron chi connectivity index (χ2n) is 7.81. The normalized spacial score (nSPS) is 16.9. The summed E-state index contributed by atoms with van der Waals surface area (Å²) in [5.74, 6) is 1.88. The van der Waals surface area contributed by atoms with E-state index in [0.29, 0.717) is 56.0 Å². The van der Waals surface area contributed by atoms with Crippen molar-refractivity contribution < 1.29 is 28.8 Å². The molecule has 7 nitrogen and oxygen atoms in total. The molecular weight excluding hydrogens is 470 g/mol. The summed E-state index contributed by atoms with van der Waals surface area (Å²) < 4.78 is 28.5. The first-order chi connectivity index (χ1) is 16.9. The monoisotopic (exact) mass is 493 g/mol. The van der Waals surface area contributed by atoms with Gasteiger partial charge in [0.05, 0.1) is 45.1 Å². The molecular formula is C27H24ClNO6. The molecule has 3 aromatic carbocycles. The molecule has 1 heterocycles. The van der Waals surface area contributed by atoms with Crippen molar-refractivity contribution in [1.29, 1.82) is 5.26 Å². The van der Waals surface area contributed by atoms with Gasteiger partial charge in [-0.3, -0.25) is 0 Å². The zero-order valence-electron chi connectivity index (χ0n) is 19.7. The number of phenols is 1. The second-order valence-corrected chi connectivity index (χ2v) is 8.21. The highest BCUT2D eigenvalue weighted by molar-refractivity contribution is 6.32. The van der Waals surface area contributed by atoms with Crippen molar-refractivity contribution in [3.63, 3.8) is 0 Å². The van der Waals surface area contributed by atoms with Crippen LogP contribution < -0.4 is 18.9 Å². The van der Waals surface area contributed by atoms with Crippen LogP contribution in [0, 0.1) is 11.3 Å². The van der Waals surface area contributed by atoms with Gasteiger partial charge in [0.25, 0.3) is 0 Å². The van der Waals surface area contributed by atoms with Crippen molar-refractivity contribution in [1.82, 2.24) is 0 Å². The molecule has 0 aromatic heterocycles. The van der Waals surface area contributed by atoms with Gasteiger partial charge in [0.15, 0.2) is 28.6 Å². The van der Waals surface area contributed by atoms with Crippen LogP contribution in [-0.4, -0.2) is 33.5 Å². The molecule has 0 bridgehead atoms. The maximum atomic E-state index is 10.6. The molecule has 1 atom stereocenters. The Morgan fingerprint density at radius 1 is 0.886 bits per heavy atom. The number of methoxy groups -OCH3 is 4. The van der Waals surface area contributed by atoms with Crippen LogP contribution >= 0.6 is 11.6 Å². The van der Waals surface area contributed by atoms with E-state index in [2.05, 4.69) is 6.07 Å². The number of halogens is 1. The number of nitrogens with zero attached hydrogens (tertiary/aromatic N) is 1. The minimum atomic E-state index is -1.21. The van der Waals surface area contributed by atoms with Crippen molar-refractivity contribution in [3.8, 4) is 34.8 Å². The molecule has 1 aliphatic heterocycles. The zero-order valence-corrected chi connectivity index (χ0v) is 20.5. The summed E-state index contributed by atoms with van der Waals surface area (Å²) >= 11 is 6.47. The Balaban J connectivity index is 1.99. The molecule has 0 saturated heterocycles. The molecule has 0 spiro atoms. The molecule has 0 amide bonds. The largest absolute Gasteiger partial charge is 0.504 e. The van der Waals surface area contributed by atoms with Crippen LogP contribution in [0.15, 0.2) is 60.2 Å². The Bertz CT molecular complexity index is 1320. The summed E-state index contributed by atoms with van der Waals surface area (Å²) in [5.41, 5.74) is 1.02. The Morgan fingerprint density at radius 3 is 2.09 bits per heavy atom. The maximum Gasteiger partial charge on any atom is 0.203 e. The summed E-state index contributed by atoms with van der Waals surface area (Å²) in [6, 6.07) is 18.0. The predicted molar refractivity (Wildman–Crippen MR) is 131 cm³/mol. The van der Waals surface area contributed by atoms with Crippen LogP contribution in [0.3, 0.4) is 0 Å². The number of phenolic OH excluding ortho intramolecular Hbond substituents is 1. The van der Waals surface area contributed by atoms with E-state index in [1.165, 1.54) is 28.4 Å². The van der Waals surface area contributed by atoms with Crippen molar-refractivity contribution in [2.45, 2.75) is 12.0 Å². The molecule has 1 unspecified atom stereocenters. The summed E-state index contributed by atoms with van der Waals surface area (Å²) in [4.78, 5) is 0. The lowest BCUT2D eigenvalue weighted by atomic mass is 9.82. The lowest BCUT2D eigenvalue weighted by molar-refractivity contribution is 0.0995. The Labute approximate surface area is 208 Å². The quantitative estimate of drug-likeness (QED) is 0.453. The van der Waals surface area contributed by atoms with Crippen LogP contribution in [-0.2, 0) is 10.3 Å². The molecule has 35 heavy (non-hydrogen) atoms. The van der Waals surface area contributed by atoms with Crippen molar-refractivity contribution in [2.75, 3.05) is 28.4 Å². The SMILES string of the molecule is COc1ccc(C2(c3cc(OC)c(OC)c(OC)c3)CC(C#N)=C(c3ccccc3Cl)O2)cc1O. The molecule has 3 aromatic rings. The van der Waals surface area contributed by atoms with E-state index < -0.39 is 5.60 Å². The molecule has 0 fully saturated rings. The first-order valence-electron chi connectivity index (χ1n) is 10.7. The third kappa shape index (κ3) is 4.07. The standard InChI is InChI=1S/C27H24ClNO6/c1-31-22-10-9-17(11-21(22)30)27(18-12-23(32-2)26(34-4)24(13-18)33-3)14-16(15-29)25(35-27)19-7-5-6-8-20(19)28/h5-13,30H,14H2,1-4H3. The van der Waals surface area contributed by atoms with Gasteiger partial charge in [-0.25, -0.2) is 0 Å². The fourth-order valence-electron chi connectivity index (χ4n) is 4.30. The number of hydrogen-bond donors (Lipinski definition) is 1. The van der Waals surface area contributed by atoms with Gasteiger partial charge in [-0.05, 0) is 36.4 Å². The van der Waals surface area contributed by atoms with Crippen molar-refractivity contribution >= 4 is 17.4 Å². The van der Waals surface area contributed by atoms with E-state index >= 15 is 0 Å². The minimum Gasteiger partial charge on any atom is -0.504 e. The third-order valence-corrected chi connectivity index (χ3v) is 6.34.